The molecular formula is C27H29BrN4O4S. The molecule has 194 valence electrons. The lowest BCUT2D eigenvalue weighted by molar-refractivity contribution is -0.138. The van der Waals surface area contributed by atoms with E-state index in [0.717, 1.165) is 21.4 Å². The number of rotatable bonds is 11. The number of anilines is 1. The minimum absolute atomic E-state index is 0.108. The van der Waals surface area contributed by atoms with E-state index in [0.29, 0.717) is 47.1 Å². The highest BCUT2D eigenvalue weighted by Gasteiger charge is 2.35. The first kappa shape index (κ1) is 26.8. The Kier molecular flexibility index (Phi) is 8.94. The molecule has 1 unspecified atom stereocenters. The normalized spacial score (nSPS) is 14.5. The fourth-order valence-electron chi connectivity index (χ4n) is 3.93. The maximum atomic E-state index is 13.2. The first-order valence-electron chi connectivity index (χ1n) is 11.9. The Morgan fingerprint density at radius 2 is 1.97 bits per heavy atom. The zero-order valence-electron chi connectivity index (χ0n) is 21.0. The van der Waals surface area contributed by atoms with Gasteiger partial charge in [-0.25, -0.2) is 9.48 Å². The van der Waals surface area contributed by atoms with Crippen LogP contribution in [0.2, 0.25) is 0 Å². The van der Waals surface area contributed by atoms with Crippen molar-refractivity contribution in [2.45, 2.75) is 38.6 Å². The van der Waals surface area contributed by atoms with Crippen LogP contribution in [0.15, 0.2) is 76.0 Å². The number of fused-ring (bicyclic) bond motifs is 1. The van der Waals surface area contributed by atoms with Gasteiger partial charge in [0.2, 0.25) is 11.1 Å². The van der Waals surface area contributed by atoms with E-state index >= 15 is 0 Å². The highest BCUT2D eigenvalue weighted by molar-refractivity contribution is 9.10. The maximum absolute atomic E-state index is 13.2. The van der Waals surface area contributed by atoms with Crippen molar-refractivity contribution < 1.29 is 19.0 Å². The lowest BCUT2D eigenvalue weighted by Gasteiger charge is -2.28. The lowest BCUT2D eigenvalue weighted by Crippen LogP contribution is -2.29. The van der Waals surface area contributed by atoms with Gasteiger partial charge in [-0.05, 0) is 55.0 Å². The SMILES string of the molecule is C=CCOC(=O)C1=C(C)Nc2nc(SCC)nn2C1c1ccc(OCc2ccc(Br)cc2)c(OCC)c1. The van der Waals surface area contributed by atoms with Gasteiger partial charge in [-0.2, -0.15) is 4.98 Å². The lowest BCUT2D eigenvalue weighted by atomic mass is 9.95. The number of hydrogen-bond donors (Lipinski definition) is 1. The van der Waals surface area contributed by atoms with Crippen molar-refractivity contribution in [1.82, 2.24) is 14.8 Å². The highest BCUT2D eigenvalue weighted by atomic mass is 79.9. The number of carbonyl (C=O) groups is 1. The van der Waals surface area contributed by atoms with E-state index in [9.17, 15) is 4.79 Å². The van der Waals surface area contributed by atoms with Crippen LogP contribution in [0.4, 0.5) is 5.95 Å². The van der Waals surface area contributed by atoms with Crippen LogP contribution in [0.25, 0.3) is 0 Å². The molecule has 0 spiro atoms. The van der Waals surface area contributed by atoms with Gasteiger partial charge in [0.25, 0.3) is 0 Å². The van der Waals surface area contributed by atoms with Crippen LogP contribution in [-0.2, 0) is 16.1 Å². The molecule has 1 aromatic heterocycles. The summed E-state index contributed by atoms with van der Waals surface area (Å²) >= 11 is 4.99. The number of halogens is 1. The topological polar surface area (TPSA) is 87.5 Å². The van der Waals surface area contributed by atoms with Gasteiger partial charge in [-0.1, -0.05) is 65.5 Å². The number of aromatic nitrogens is 3. The maximum Gasteiger partial charge on any atom is 0.338 e. The number of carbonyl (C=O) groups excluding carboxylic acids is 1. The second kappa shape index (κ2) is 12.3. The number of esters is 1. The Bertz CT molecular complexity index is 1310. The van der Waals surface area contributed by atoms with Crippen LogP contribution >= 0.6 is 27.7 Å². The Balaban J connectivity index is 1.72. The van der Waals surface area contributed by atoms with Crippen LogP contribution in [-0.4, -0.2) is 39.7 Å². The minimum atomic E-state index is -0.563. The van der Waals surface area contributed by atoms with Gasteiger partial charge in [-0.15, -0.1) is 5.10 Å². The van der Waals surface area contributed by atoms with Gasteiger partial charge in [0.1, 0.15) is 19.3 Å². The number of ether oxygens (including phenoxy) is 3. The number of thioether (sulfide) groups is 1. The van der Waals surface area contributed by atoms with E-state index in [-0.39, 0.29) is 6.61 Å². The molecule has 2 heterocycles. The van der Waals surface area contributed by atoms with Crippen molar-refractivity contribution in [1.29, 1.82) is 0 Å². The number of allylic oxidation sites excluding steroid dienone is 1. The van der Waals surface area contributed by atoms with E-state index in [1.807, 2.05) is 63.2 Å². The van der Waals surface area contributed by atoms with E-state index in [4.69, 9.17) is 19.3 Å². The largest absolute Gasteiger partial charge is 0.490 e. The third-order valence-electron chi connectivity index (χ3n) is 5.55. The summed E-state index contributed by atoms with van der Waals surface area (Å²) in [5, 5.41) is 8.53. The molecule has 1 atom stereocenters. The zero-order chi connectivity index (χ0) is 26.4. The molecule has 0 bridgehead atoms. The summed E-state index contributed by atoms with van der Waals surface area (Å²) in [6, 6.07) is 13.1. The first-order chi connectivity index (χ1) is 17.9. The van der Waals surface area contributed by atoms with Crippen molar-refractivity contribution >= 4 is 39.6 Å². The molecule has 0 saturated heterocycles. The highest BCUT2D eigenvalue weighted by Crippen LogP contribution is 2.40. The van der Waals surface area contributed by atoms with Crippen molar-refractivity contribution in [3.05, 3.63) is 82.0 Å². The van der Waals surface area contributed by atoms with Gasteiger partial charge >= 0.3 is 5.97 Å². The van der Waals surface area contributed by atoms with Crippen LogP contribution < -0.4 is 14.8 Å². The summed E-state index contributed by atoms with van der Waals surface area (Å²) in [6.45, 7) is 10.4. The Morgan fingerprint density at radius 1 is 1.19 bits per heavy atom. The zero-order valence-corrected chi connectivity index (χ0v) is 23.4. The van der Waals surface area contributed by atoms with E-state index in [2.05, 4.69) is 32.8 Å². The molecule has 2 aromatic carbocycles. The third-order valence-corrected chi connectivity index (χ3v) is 6.80. The quantitative estimate of drug-likeness (QED) is 0.163. The van der Waals surface area contributed by atoms with Crippen LogP contribution in [0.5, 0.6) is 11.5 Å². The van der Waals surface area contributed by atoms with Gasteiger partial charge < -0.3 is 19.5 Å². The first-order valence-corrected chi connectivity index (χ1v) is 13.7. The molecule has 0 radical (unpaired) electrons. The number of nitrogens with zero attached hydrogens (tertiary/aromatic N) is 3. The number of hydrogen-bond acceptors (Lipinski definition) is 8. The van der Waals surface area contributed by atoms with E-state index in [1.165, 1.54) is 11.8 Å². The predicted molar refractivity (Wildman–Crippen MR) is 148 cm³/mol. The number of benzene rings is 2. The fourth-order valence-corrected chi connectivity index (χ4v) is 4.75. The van der Waals surface area contributed by atoms with Crippen molar-refractivity contribution in [3.63, 3.8) is 0 Å². The molecule has 4 rings (SSSR count). The molecule has 0 aliphatic carbocycles. The predicted octanol–water partition coefficient (Wildman–Crippen LogP) is 6.15. The molecule has 1 aliphatic heterocycles. The summed E-state index contributed by atoms with van der Waals surface area (Å²) in [5.41, 5.74) is 2.93. The Hall–Kier alpha value is -3.24. The fraction of sp³-hybridized carbons (Fsp3) is 0.296. The minimum Gasteiger partial charge on any atom is -0.490 e. The van der Waals surface area contributed by atoms with E-state index < -0.39 is 12.0 Å². The Labute approximate surface area is 229 Å². The van der Waals surface area contributed by atoms with Crippen molar-refractivity contribution in [2.75, 3.05) is 24.3 Å². The van der Waals surface area contributed by atoms with Crippen molar-refractivity contribution in [3.8, 4) is 11.5 Å². The van der Waals surface area contributed by atoms with E-state index in [1.54, 1.807) is 10.8 Å². The second-order valence-electron chi connectivity index (χ2n) is 8.10. The van der Waals surface area contributed by atoms with Crippen LogP contribution in [0.3, 0.4) is 0 Å². The van der Waals surface area contributed by atoms with Gasteiger partial charge in [0.15, 0.2) is 11.5 Å². The molecule has 0 amide bonds. The monoisotopic (exact) mass is 584 g/mol. The third kappa shape index (κ3) is 6.19. The summed E-state index contributed by atoms with van der Waals surface area (Å²) in [5.74, 6) is 2.13. The second-order valence-corrected chi connectivity index (χ2v) is 10.3. The van der Waals surface area contributed by atoms with Crippen LogP contribution in [0, 0.1) is 0 Å². The number of nitrogens with one attached hydrogen (secondary N) is 1. The molecule has 37 heavy (non-hydrogen) atoms. The average molecular weight is 586 g/mol. The van der Waals surface area contributed by atoms with Gasteiger partial charge in [0.05, 0.1) is 12.2 Å². The molecule has 3 aromatic rings. The average Bonchev–Trinajstić information content (AvgIpc) is 3.28. The summed E-state index contributed by atoms with van der Waals surface area (Å²) in [6.07, 6.45) is 1.54. The summed E-state index contributed by atoms with van der Waals surface area (Å²) in [7, 11) is 0. The molecule has 1 aliphatic rings. The molecular weight excluding hydrogens is 556 g/mol. The smallest absolute Gasteiger partial charge is 0.338 e. The van der Waals surface area contributed by atoms with Gasteiger partial charge in [0, 0.05) is 10.2 Å². The Morgan fingerprint density at radius 3 is 2.68 bits per heavy atom. The van der Waals surface area contributed by atoms with Gasteiger partial charge in [-0.3, -0.25) is 0 Å². The molecule has 0 fully saturated rings. The molecule has 0 saturated carbocycles. The standard InChI is InChI=1S/C27H29BrN4O4S/c1-5-14-35-25(33)23-17(4)29-26-30-27(37-7-3)31-32(26)24(23)19-10-13-21(22(15-19)34-6-2)36-16-18-8-11-20(28)12-9-18/h5,8-13,15,24H,1,6-7,14,16H2,2-4H3,(H,29,30,31). The van der Waals surface area contributed by atoms with Crippen LogP contribution in [0.1, 0.15) is 37.9 Å². The molecule has 8 nitrogen and oxygen atoms in total. The van der Waals surface area contributed by atoms with Crippen molar-refractivity contribution in [2.24, 2.45) is 0 Å². The summed E-state index contributed by atoms with van der Waals surface area (Å²) < 4.78 is 20.2. The molecule has 10 heteroatoms. The molecule has 1 N–H and O–H groups in total. The summed E-state index contributed by atoms with van der Waals surface area (Å²) in [4.78, 5) is 17.8.